The molecule has 0 saturated heterocycles. The van der Waals surface area contributed by atoms with Gasteiger partial charge in [0.15, 0.2) is 6.04 Å². The fourth-order valence-electron chi connectivity index (χ4n) is 6.09. The molecular weight excluding hydrogens is 753 g/mol. The molecule has 0 aliphatic rings. The summed E-state index contributed by atoms with van der Waals surface area (Å²) in [5, 5.41) is 11.6. The maximum Gasteiger partial charge on any atom is 0.412 e. The van der Waals surface area contributed by atoms with Crippen molar-refractivity contribution >= 4 is 65.6 Å². The zero-order valence-electron chi connectivity index (χ0n) is 33.1. The zero-order chi connectivity index (χ0) is 41.3. The second kappa shape index (κ2) is 18.5. The van der Waals surface area contributed by atoms with E-state index in [4.69, 9.17) is 18.6 Å². The fraction of sp³-hybridized carbons (Fsp3) is 0.366. The molecule has 1 aromatic heterocycles. The van der Waals surface area contributed by atoms with E-state index in [1.54, 1.807) is 50.4 Å². The van der Waals surface area contributed by atoms with Crippen LogP contribution in [-0.4, -0.2) is 80.7 Å². The first-order chi connectivity index (χ1) is 26.3. The minimum Gasteiger partial charge on any atom is -0.467 e. The van der Waals surface area contributed by atoms with Crippen molar-refractivity contribution in [2.45, 2.75) is 84.2 Å². The average Bonchev–Trinajstić information content (AvgIpc) is 3.63. The molecule has 4 aromatic rings. The van der Waals surface area contributed by atoms with Crippen molar-refractivity contribution in [1.29, 1.82) is 0 Å². The molecule has 3 amide bonds. The Kier molecular flexibility index (Phi) is 14.3. The molecule has 0 saturated carbocycles. The third-order valence-electron chi connectivity index (χ3n) is 8.59. The van der Waals surface area contributed by atoms with Crippen LogP contribution in [-0.2, 0) is 33.0 Å². The number of aromatic nitrogens is 1. The summed E-state index contributed by atoms with van der Waals surface area (Å²) in [6, 6.07) is 23.7. The molecule has 4 rings (SSSR count). The standard InChI is InChI=1S/C41H50N4O9SSi/c1-26(53-27(2)46)34(38(49)51-9)45-35(47)32(24-52-56(41(6,7)8,30-16-12-10-13-17-30)31-18-14-11-15-19-31)43-36(48)33-25-55-37(44-33)28-20-22-29(23-21-28)42-39(50)54-40(3,4)5/h10-23,25-26,32,34H,24H2,1-9H3,(H,42,50)(H,43,48)(H,45,47)/t26-,32+,34+/m1/s1. The highest BCUT2D eigenvalue weighted by Gasteiger charge is 2.51. The number of nitrogens with zero attached hydrogens (tertiary/aromatic N) is 1. The second-order valence-electron chi connectivity index (χ2n) is 15.1. The summed E-state index contributed by atoms with van der Waals surface area (Å²) >= 11 is 1.22. The Labute approximate surface area is 332 Å². The Morgan fingerprint density at radius 2 is 1.39 bits per heavy atom. The first-order valence-corrected chi connectivity index (χ1v) is 20.8. The predicted molar refractivity (Wildman–Crippen MR) is 217 cm³/mol. The maximum absolute atomic E-state index is 14.2. The molecule has 3 N–H and O–H groups in total. The van der Waals surface area contributed by atoms with Gasteiger partial charge in [0.2, 0.25) is 5.91 Å². The van der Waals surface area contributed by atoms with Crippen molar-refractivity contribution in [3.8, 4) is 10.6 Å². The number of rotatable bonds is 14. The van der Waals surface area contributed by atoms with E-state index >= 15 is 0 Å². The van der Waals surface area contributed by atoms with Crippen molar-refractivity contribution < 1.29 is 42.6 Å². The SMILES string of the molecule is COC(=O)[C@@H](NC(=O)[C@H](CO[Si](c1ccccc1)(c1ccccc1)C(C)(C)C)NC(=O)c1csc(-c2ccc(NC(=O)OC(C)(C)C)cc2)n1)[C@@H](C)OC(C)=O. The normalized spacial score (nSPS) is 13.4. The van der Waals surface area contributed by atoms with E-state index in [0.29, 0.717) is 16.3 Å². The molecule has 0 bridgehead atoms. The van der Waals surface area contributed by atoms with Crippen LogP contribution in [0.2, 0.25) is 5.04 Å². The van der Waals surface area contributed by atoms with Crippen molar-refractivity contribution in [2.24, 2.45) is 0 Å². The quantitative estimate of drug-likeness (QED) is 0.0848. The number of nitrogens with one attached hydrogen (secondary N) is 3. The van der Waals surface area contributed by atoms with Crippen LogP contribution in [0.3, 0.4) is 0 Å². The summed E-state index contributed by atoms with van der Waals surface area (Å²) in [6.07, 6.45) is -1.68. The van der Waals surface area contributed by atoms with Gasteiger partial charge in [-0.2, -0.15) is 0 Å². The van der Waals surface area contributed by atoms with Crippen LogP contribution in [0.25, 0.3) is 10.6 Å². The van der Waals surface area contributed by atoms with Crippen LogP contribution in [0, 0.1) is 0 Å². The topological polar surface area (TPSA) is 171 Å². The number of esters is 2. The lowest BCUT2D eigenvalue weighted by molar-refractivity contribution is -0.156. The van der Waals surface area contributed by atoms with Crippen LogP contribution < -0.4 is 26.3 Å². The number of benzene rings is 3. The van der Waals surface area contributed by atoms with E-state index in [1.165, 1.54) is 25.2 Å². The molecule has 0 unspecified atom stereocenters. The number of amides is 3. The lowest BCUT2D eigenvalue weighted by atomic mass is 10.1. The molecule has 13 nitrogen and oxygen atoms in total. The molecule has 3 atom stereocenters. The van der Waals surface area contributed by atoms with Gasteiger partial charge in [0, 0.05) is 23.6 Å². The van der Waals surface area contributed by atoms with Gasteiger partial charge in [-0.1, -0.05) is 81.4 Å². The lowest BCUT2D eigenvalue weighted by Gasteiger charge is -2.43. The molecular formula is C41H50N4O9SSi. The molecule has 298 valence electrons. The molecule has 0 spiro atoms. The highest BCUT2D eigenvalue weighted by molar-refractivity contribution is 7.13. The monoisotopic (exact) mass is 802 g/mol. The Bertz CT molecular complexity index is 1940. The second-order valence-corrected chi connectivity index (χ2v) is 20.2. The van der Waals surface area contributed by atoms with E-state index in [9.17, 15) is 24.0 Å². The molecule has 0 fully saturated rings. The molecule has 0 radical (unpaired) electrons. The Morgan fingerprint density at radius 3 is 1.89 bits per heavy atom. The first kappa shape index (κ1) is 43.3. The summed E-state index contributed by atoms with van der Waals surface area (Å²) in [7, 11) is -2.06. The molecule has 15 heteroatoms. The third kappa shape index (κ3) is 11.1. The van der Waals surface area contributed by atoms with Crippen molar-refractivity contribution in [1.82, 2.24) is 15.6 Å². The van der Waals surface area contributed by atoms with Gasteiger partial charge in [0.05, 0.1) is 13.7 Å². The van der Waals surface area contributed by atoms with E-state index in [2.05, 4.69) is 41.7 Å². The molecule has 1 heterocycles. The van der Waals surface area contributed by atoms with Gasteiger partial charge in [-0.05, 0) is 67.4 Å². The number of hydrogen-bond acceptors (Lipinski definition) is 11. The van der Waals surface area contributed by atoms with E-state index in [0.717, 1.165) is 17.5 Å². The number of hydrogen-bond donors (Lipinski definition) is 3. The zero-order valence-corrected chi connectivity index (χ0v) is 34.9. The van der Waals surface area contributed by atoms with Crippen molar-refractivity contribution in [3.63, 3.8) is 0 Å². The highest BCUT2D eigenvalue weighted by atomic mass is 32.1. The number of ether oxygens (including phenoxy) is 3. The molecule has 0 aliphatic carbocycles. The van der Waals surface area contributed by atoms with E-state index in [1.807, 2.05) is 60.7 Å². The summed E-state index contributed by atoms with van der Waals surface area (Å²) in [6.45, 7) is 13.9. The van der Waals surface area contributed by atoms with E-state index < -0.39 is 67.0 Å². The minimum absolute atomic E-state index is 0.0435. The average molecular weight is 803 g/mol. The van der Waals surface area contributed by atoms with Gasteiger partial charge in [-0.15, -0.1) is 11.3 Å². The Morgan fingerprint density at radius 1 is 0.821 bits per heavy atom. The first-order valence-electron chi connectivity index (χ1n) is 18.0. The van der Waals surface area contributed by atoms with E-state index in [-0.39, 0.29) is 12.3 Å². The lowest BCUT2D eigenvalue weighted by Crippen LogP contribution is -2.68. The number of methoxy groups -OCH3 is 1. The van der Waals surface area contributed by atoms with Crippen LogP contribution in [0.4, 0.5) is 10.5 Å². The highest BCUT2D eigenvalue weighted by Crippen LogP contribution is 2.37. The van der Waals surface area contributed by atoms with Gasteiger partial charge in [-0.25, -0.2) is 14.6 Å². The molecule has 0 aliphatic heterocycles. The Balaban J connectivity index is 1.66. The third-order valence-corrected chi connectivity index (χ3v) is 14.5. The molecule has 56 heavy (non-hydrogen) atoms. The van der Waals surface area contributed by atoms with Crippen molar-refractivity contribution in [3.05, 3.63) is 96.0 Å². The van der Waals surface area contributed by atoms with Crippen molar-refractivity contribution in [2.75, 3.05) is 19.0 Å². The number of carbonyl (C=O) groups is 5. The van der Waals surface area contributed by atoms with Crippen LogP contribution >= 0.6 is 11.3 Å². The smallest absolute Gasteiger partial charge is 0.412 e. The number of anilines is 1. The largest absolute Gasteiger partial charge is 0.467 e. The van der Waals surface area contributed by atoms with Gasteiger partial charge >= 0.3 is 18.0 Å². The number of thiazole rings is 1. The van der Waals surface area contributed by atoms with Gasteiger partial charge in [0.1, 0.15) is 28.4 Å². The number of carbonyl (C=O) groups excluding carboxylic acids is 5. The van der Waals surface area contributed by atoms with Gasteiger partial charge in [-0.3, -0.25) is 19.7 Å². The Hall–Kier alpha value is -5.38. The van der Waals surface area contributed by atoms with Crippen LogP contribution in [0.5, 0.6) is 0 Å². The van der Waals surface area contributed by atoms with Gasteiger partial charge in [0.25, 0.3) is 14.2 Å². The van der Waals surface area contributed by atoms with Crippen LogP contribution in [0.1, 0.15) is 65.9 Å². The molecule has 3 aromatic carbocycles. The minimum atomic E-state index is -3.21. The summed E-state index contributed by atoms with van der Waals surface area (Å²) in [4.78, 5) is 69.5. The summed E-state index contributed by atoms with van der Waals surface area (Å²) in [5.74, 6) is -2.94. The summed E-state index contributed by atoms with van der Waals surface area (Å²) in [5.41, 5.74) is 0.594. The maximum atomic E-state index is 14.2. The summed E-state index contributed by atoms with van der Waals surface area (Å²) < 4.78 is 22.5. The predicted octanol–water partition coefficient (Wildman–Crippen LogP) is 5.44. The fourth-order valence-corrected chi connectivity index (χ4v) is 11.5. The van der Waals surface area contributed by atoms with Gasteiger partial charge < -0.3 is 29.3 Å². The van der Waals surface area contributed by atoms with Crippen LogP contribution in [0.15, 0.2) is 90.3 Å².